The number of carbonyl (C=O) groups is 2. The lowest BCUT2D eigenvalue weighted by atomic mass is 9.83. The van der Waals surface area contributed by atoms with Gasteiger partial charge in [-0.1, -0.05) is 41.7 Å². The van der Waals surface area contributed by atoms with E-state index in [9.17, 15) is 9.59 Å². The van der Waals surface area contributed by atoms with Crippen LogP contribution in [0.3, 0.4) is 0 Å². The highest BCUT2D eigenvalue weighted by Gasteiger charge is 2.36. The quantitative estimate of drug-likeness (QED) is 0.534. The van der Waals surface area contributed by atoms with Crippen molar-refractivity contribution < 1.29 is 9.59 Å². The Kier molecular flexibility index (Phi) is 6.53. The molecule has 2 aromatic heterocycles. The molecule has 6 nitrogen and oxygen atoms in total. The average molecular weight is 471 g/mol. The Hall–Kier alpha value is -2.45. The molecule has 1 saturated heterocycles. The van der Waals surface area contributed by atoms with Crippen molar-refractivity contribution >= 4 is 49.1 Å². The molecule has 1 aromatic carbocycles. The molecule has 0 N–H and O–H groups in total. The largest absolute Gasteiger partial charge is 0.349 e. The Morgan fingerprint density at radius 1 is 1.00 bits per heavy atom. The van der Waals surface area contributed by atoms with Crippen molar-refractivity contribution in [1.82, 2.24) is 14.8 Å². The number of nitrogens with zero attached hydrogens (tertiary/aromatic N) is 4. The van der Waals surface area contributed by atoms with Crippen LogP contribution in [0.25, 0.3) is 9.53 Å². The summed E-state index contributed by atoms with van der Waals surface area (Å²) in [5.74, 6) is 0.152. The van der Waals surface area contributed by atoms with E-state index < -0.39 is 5.41 Å². The van der Waals surface area contributed by atoms with Crippen LogP contribution in [0.5, 0.6) is 0 Å². The lowest BCUT2D eigenvalue weighted by Gasteiger charge is -2.38. The monoisotopic (exact) mass is 470 g/mol. The Labute approximate surface area is 197 Å². The Morgan fingerprint density at radius 3 is 2.22 bits per heavy atom. The van der Waals surface area contributed by atoms with E-state index in [1.54, 1.807) is 11.3 Å². The molecule has 8 heteroatoms. The first-order valence-electron chi connectivity index (χ1n) is 11.1. The predicted octanol–water partition coefficient (Wildman–Crippen LogP) is 4.47. The van der Waals surface area contributed by atoms with Gasteiger partial charge < -0.3 is 14.7 Å². The van der Waals surface area contributed by atoms with Crippen molar-refractivity contribution in [1.29, 1.82) is 0 Å². The van der Waals surface area contributed by atoms with Crippen molar-refractivity contribution in [3.05, 3.63) is 46.8 Å². The van der Waals surface area contributed by atoms with Gasteiger partial charge in [-0.25, -0.2) is 4.98 Å². The van der Waals surface area contributed by atoms with Crippen LogP contribution < -0.4 is 4.90 Å². The standard InChI is InChI=1S/C24H30N4O2S2/c1-5-26(6-2)23-25-20-18(32-23)16-19(31-20)21(29)27-12-14-28(15-13-27)22(30)24(3,4)17-10-8-7-9-11-17/h7-11,16H,5-6,12-15H2,1-4H3. The first kappa shape index (κ1) is 22.7. The summed E-state index contributed by atoms with van der Waals surface area (Å²) in [4.78, 5) is 38.7. The lowest BCUT2D eigenvalue weighted by molar-refractivity contribution is -0.137. The molecule has 170 valence electrons. The summed E-state index contributed by atoms with van der Waals surface area (Å²) in [6.45, 7) is 12.3. The first-order valence-corrected chi connectivity index (χ1v) is 12.8. The van der Waals surface area contributed by atoms with Gasteiger partial charge in [-0.05, 0) is 39.3 Å². The van der Waals surface area contributed by atoms with Gasteiger partial charge in [-0.3, -0.25) is 9.59 Å². The van der Waals surface area contributed by atoms with E-state index in [-0.39, 0.29) is 11.8 Å². The van der Waals surface area contributed by atoms with E-state index >= 15 is 0 Å². The number of hydrogen-bond acceptors (Lipinski definition) is 6. The number of fused-ring (bicyclic) bond motifs is 1. The second-order valence-electron chi connectivity index (χ2n) is 8.52. The summed E-state index contributed by atoms with van der Waals surface area (Å²) in [6.07, 6.45) is 0. The molecule has 0 radical (unpaired) electrons. The van der Waals surface area contributed by atoms with Crippen molar-refractivity contribution in [2.75, 3.05) is 44.2 Å². The number of carbonyl (C=O) groups excluding carboxylic acids is 2. The van der Waals surface area contributed by atoms with Crippen LogP contribution in [0.2, 0.25) is 0 Å². The molecule has 0 saturated carbocycles. The maximum atomic E-state index is 13.2. The van der Waals surface area contributed by atoms with Crippen LogP contribution in [-0.4, -0.2) is 65.9 Å². The SMILES string of the molecule is CCN(CC)c1nc2sc(C(=O)N3CCN(C(=O)C(C)(C)c4ccccc4)CC3)cc2s1. The van der Waals surface area contributed by atoms with E-state index in [4.69, 9.17) is 4.98 Å². The molecular formula is C24H30N4O2S2. The van der Waals surface area contributed by atoms with E-state index in [0.717, 1.165) is 38.2 Å². The molecule has 1 fully saturated rings. The highest BCUT2D eigenvalue weighted by molar-refractivity contribution is 7.29. The number of benzene rings is 1. The zero-order valence-electron chi connectivity index (χ0n) is 19.1. The minimum atomic E-state index is -0.584. The van der Waals surface area contributed by atoms with Gasteiger partial charge in [-0.15, -0.1) is 11.3 Å². The number of hydrogen-bond donors (Lipinski definition) is 0. The van der Waals surface area contributed by atoms with Crippen LogP contribution in [0.1, 0.15) is 42.9 Å². The van der Waals surface area contributed by atoms with Crippen LogP contribution in [0.4, 0.5) is 5.13 Å². The highest BCUT2D eigenvalue weighted by atomic mass is 32.1. The molecule has 0 atom stereocenters. The highest BCUT2D eigenvalue weighted by Crippen LogP contribution is 2.35. The summed E-state index contributed by atoms with van der Waals surface area (Å²) in [6, 6.07) is 11.9. The van der Waals surface area contributed by atoms with Crippen molar-refractivity contribution in [3.8, 4) is 0 Å². The number of thiazole rings is 1. The predicted molar refractivity (Wildman–Crippen MR) is 133 cm³/mol. The zero-order valence-corrected chi connectivity index (χ0v) is 20.8. The van der Waals surface area contributed by atoms with E-state index in [0.29, 0.717) is 26.2 Å². The van der Waals surface area contributed by atoms with Crippen molar-refractivity contribution in [2.24, 2.45) is 0 Å². The van der Waals surface area contributed by atoms with Gasteiger partial charge in [0.1, 0.15) is 4.83 Å². The summed E-state index contributed by atoms with van der Waals surface area (Å²) in [5.41, 5.74) is 0.429. The van der Waals surface area contributed by atoms with Crippen molar-refractivity contribution in [3.63, 3.8) is 0 Å². The van der Waals surface area contributed by atoms with Gasteiger partial charge in [0, 0.05) is 39.3 Å². The Balaban J connectivity index is 1.40. The first-order chi connectivity index (χ1) is 15.3. The molecule has 3 aromatic rings. The van der Waals surface area contributed by atoms with Crippen LogP contribution in [-0.2, 0) is 10.2 Å². The lowest BCUT2D eigenvalue weighted by Crippen LogP contribution is -2.54. The number of aromatic nitrogens is 1. The minimum absolute atomic E-state index is 0.0407. The molecule has 0 unspecified atom stereocenters. The number of rotatable bonds is 6. The summed E-state index contributed by atoms with van der Waals surface area (Å²) < 4.78 is 1.07. The number of amides is 2. The summed E-state index contributed by atoms with van der Waals surface area (Å²) in [7, 11) is 0. The van der Waals surface area contributed by atoms with Crippen LogP contribution in [0, 0.1) is 0 Å². The van der Waals surface area contributed by atoms with E-state index in [2.05, 4.69) is 18.7 Å². The topological polar surface area (TPSA) is 56.8 Å². The van der Waals surface area contributed by atoms with Gasteiger partial charge in [0.15, 0.2) is 5.13 Å². The van der Waals surface area contributed by atoms with Crippen molar-refractivity contribution in [2.45, 2.75) is 33.1 Å². The Bertz CT molecular complexity index is 1060. The van der Waals surface area contributed by atoms with Gasteiger partial charge in [-0.2, -0.15) is 0 Å². The fourth-order valence-electron chi connectivity index (χ4n) is 4.10. The van der Waals surface area contributed by atoms with Gasteiger partial charge in [0.05, 0.1) is 15.0 Å². The average Bonchev–Trinajstić information content (AvgIpc) is 3.39. The van der Waals surface area contributed by atoms with Gasteiger partial charge in [0.2, 0.25) is 5.91 Å². The molecule has 1 aliphatic heterocycles. The third kappa shape index (κ3) is 4.26. The second-order valence-corrected chi connectivity index (χ2v) is 10.6. The Morgan fingerprint density at radius 2 is 1.62 bits per heavy atom. The molecule has 0 aliphatic carbocycles. The zero-order chi connectivity index (χ0) is 22.9. The van der Waals surface area contributed by atoms with Gasteiger partial charge >= 0.3 is 0 Å². The molecule has 3 heterocycles. The van der Waals surface area contributed by atoms with Gasteiger partial charge in [0.25, 0.3) is 5.91 Å². The summed E-state index contributed by atoms with van der Waals surface area (Å²) in [5, 5.41) is 1.02. The maximum absolute atomic E-state index is 13.2. The molecule has 0 spiro atoms. The molecule has 4 rings (SSSR count). The third-order valence-electron chi connectivity index (χ3n) is 6.21. The molecule has 1 aliphatic rings. The molecule has 2 amide bonds. The molecule has 32 heavy (non-hydrogen) atoms. The molecule has 0 bridgehead atoms. The molecular weight excluding hydrogens is 440 g/mol. The summed E-state index contributed by atoms with van der Waals surface area (Å²) >= 11 is 3.11. The fourth-order valence-corrected chi connectivity index (χ4v) is 6.41. The third-order valence-corrected chi connectivity index (χ3v) is 8.42. The smallest absolute Gasteiger partial charge is 0.264 e. The van der Waals surface area contributed by atoms with Crippen LogP contribution >= 0.6 is 22.7 Å². The number of anilines is 1. The minimum Gasteiger partial charge on any atom is -0.349 e. The number of piperazine rings is 1. The fraction of sp³-hybridized carbons (Fsp3) is 0.458. The normalized spacial score (nSPS) is 14.8. The number of thiophene rings is 1. The van der Waals surface area contributed by atoms with E-state index in [1.807, 2.05) is 60.0 Å². The van der Waals surface area contributed by atoms with E-state index in [1.165, 1.54) is 11.3 Å². The van der Waals surface area contributed by atoms with Crippen LogP contribution in [0.15, 0.2) is 36.4 Å². The maximum Gasteiger partial charge on any atom is 0.264 e. The second kappa shape index (κ2) is 9.19.